The third-order valence-electron chi connectivity index (χ3n) is 2.90. The molecule has 0 N–H and O–H groups in total. The molecule has 3 rings (SSSR count). The molecular formula is C15H17N3O2. The van der Waals surface area contributed by atoms with E-state index in [1.54, 1.807) is 13.3 Å². The van der Waals surface area contributed by atoms with Gasteiger partial charge in [-0.1, -0.05) is 0 Å². The second kappa shape index (κ2) is 4.37. The largest absolute Gasteiger partial charge is 0.497 e. The summed E-state index contributed by atoms with van der Waals surface area (Å²) in [5.74, 6) is 1.33. The summed E-state index contributed by atoms with van der Waals surface area (Å²) in [5, 5.41) is 0. The summed E-state index contributed by atoms with van der Waals surface area (Å²) in [6, 6.07) is 5.75. The molecule has 0 bridgehead atoms. The van der Waals surface area contributed by atoms with Crippen LogP contribution < -0.4 is 9.47 Å². The molecule has 5 nitrogen and oxygen atoms in total. The molecule has 1 aromatic carbocycles. The minimum atomic E-state index is -0.320. The highest BCUT2D eigenvalue weighted by atomic mass is 16.5. The van der Waals surface area contributed by atoms with Crippen LogP contribution in [0.3, 0.4) is 0 Å². The van der Waals surface area contributed by atoms with Gasteiger partial charge >= 0.3 is 0 Å². The van der Waals surface area contributed by atoms with Crippen LogP contribution in [-0.4, -0.2) is 27.1 Å². The van der Waals surface area contributed by atoms with Gasteiger partial charge in [-0.2, -0.15) is 0 Å². The minimum Gasteiger partial charge on any atom is -0.497 e. The van der Waals surface area contributed by atoms with Crippen LogP contribution in [0.4, 0.5) is 0 Å². The highest BCUT2D eigenvalue weighted by Gasteiger charge is 2.18. The van der Waals surface area contributed by atoms with E-state index in [4.69, 9.17) is 9.47 Å². The van der Waals surface area contributed by atoms with Crippen molar-refractivity contribution < 1.29 is 9.47 Å². The van der Waals surface area contributed by atoms with Gasteiger partial charge in [-0.05, 0) is 32.9 Å². The normalized spacial score (nSPS) is 12.0. The first-order valence-electron chi connectivity index (χ1n) is 6.48. The average molecular weight is 271 g/mol. The molecule has 0 amide bonds. The van der Waals surface area contributed by atoms with Crippen molar-refractivity contribution in [1.82, 2.24) is 14.4 Å². The standard InChI is InChI=1S/C15H17N3O2/c1-15(2,3)20-14-13-16-7-8-18(13)12-9-10(19-4)5-6-11(12)17-14/h5-9H,1-4H3. The van der Waals surface area contributed by atoms with E-state index in [-0.39, 0.29) is 5.60 Å². The van der Waals surface area contributed by atoms with Crippen LogP contribution in [-0.2, 0) is 0 Å². The monoisotopic (exact) mass is 271 g/mol. The fourth-order valence-corrected chi connectivity index (χ4v) is 2.09. The van der Waals surface area contributed by atoms with Crippen molar-refractivity contribution in [3.63, 3.8) is 0 Å². The van der Waals surface area contributed by atoms with Gasteiger partial charge in [-0.3, -0.25) is 4.40 Å². The first kappa shape index (κ1) is 12.7. The molecule has 5 heteroatoms. The lowest BCUT2D eigenvalue weighted by Gasteiger charge is -2.21. The maximum atomic E-state index is 5.91. The first-order chi connectivity index (χ1) is 9.48. The summed E-state index contributed by atoms with van der Waals surface area (Å²) < 4.78 is 13.1. The SMILES string of the molecule is COc1ccc2nc(OC(C)(C)C)c3nccn3c2c1. The molecule has 0 saturated carbocycles. The maximum absolute atomic E-state index is 5.91. The van der Waals surface area contributed by atoms with Crippen molar-refractivity contribution in [1.29, 1.82) is 0 Å². The molecule has 20 heavy (non-hydrogen) atoms. The average Bonchev–Trinajstić information content (AvgIpc) is 2.86. The first-order valence-corrected chi connectivity index (χ1v) is 6.48. The van der Waals surface area contributed by atoms with E-state index in [1.807, 2.05) is 49.6 Å². The van der Waals surface area contributed by atoms with E-state index in [1.165, 1.54) is 0 Å². The number of benzene rings is 1. The Hall–Kier alpha value is -2.30. The number of rotatable bonds is 2. The van der Waals surface area contributed by atoms with Gasteiger partial charge in [-0.25, -0.2) is 9.97 Å². The zero-order valence-electron chi connectivity index (χ0n) is 12.0. The van der Waals surface area contributed by atoms with Crippen LogP contribution in [0.25, 0.3) is 16.7 Å². The lowest BCUT2D eigenvalue weighted by molar-refractivity contribution is 0.126. The molecule has 0 aliphatic rings. The van der Waals surface area contributed by atoms with Gasteiger partial charge in [0.15, 0.2) is 0 Å². The number of imidazole rings is 1. The number of nitrogens with zero attached hydrogens (tertiary/aromatic N) is 3. The molecule has 0 aliphatic heterocycles. The maximum Gasteiger partial charge on any atom is 0.259 e. The number of ether oxygens (including phenoxy) is 2. The number of hydrogen-bond donors (Lipinski definition) is 0. The van der Waals surface area contributed by atoms with Crippen molar-refractivity contribution in [2.45, 2.75) is 26.4 Å². The molecular weight excluding hydrogens is 254 g/mol. The summed E-state index contributed by atoms with van der Waals surface area (Å²) in [6.45, 7) is 5.98. The Kier molecular flexibility index (Phi) is 2.78. The zero-order valence-corrected chi connectivity index (χ0v) is 12.0. The smallest absolute Gasteiger partial charge is 0.259 e. The van der Waals surface area contributed by atoms with Gasteiger partial charge in [0, 0.05) is 18.5 Å². The molecule has 3 aromatic rings. The third kappa shape index (κ3) is 2.15. The fourth-order valence-electron chi connectivity index (χ4n) is 2.09. The zero-order chi connectivity index (χ0) is 14.3. The summed E-state index contributed by atoms with van der Waals surface area (Å²) in [6.07, 6.45) is 3.64. The van der Waals surface area contributed by atoms with E-state index in [2.05, 4.69) is 9.97 Å². The molecule has 104 valence electrons. The van der Waals surface area contributed by atoms with Gasteiger partial charge in [0.2, 0.25) is 5.65 Å². The second-order valence-electron chi connectivity index (χ2n) is 5.61. The van der Waals surface area contributed by atoms with Crippen LogP contribution in [0.2, 0.25) is 0 Å². The molecule has 0 aliphatic carbocycles. The van der Waals surface area contributed by atoms with Crippen LogP contribution >= 0.6 is 0 Å². The molecule has 0 atom stereocenters. The predicted molar refractivity (Wildman–Crippen MR) is 77.4 cm³/mol. The Morgan fingerprint density at radius 2 is 2.00 bits per heavy atom. The van der Waals surface area contributed by atoms with Gasteiger partial charge < -0.3 is 9.47 Å². The number of methoxy groups -OCH3 is 1. The summed E-state index contributed by atoms with van der Waals surface area (Å²) in [5.41, 5.74) is 2.17. The van der Waals surface area contributed by atoms with Crippen LogP contribution in [0.5, 0.6) is 11.6 Å². The Balaban J connectivity index is 2.29. The molecule has 2 aromatic heterocycles. The van der Waals surface area contributed by atoms with Gasteiger partial charge in [0.25, 0.3) is 5.88 Å². The van der Waals surface area contributed by atoms with Gasteiger partial charge in [0.05, 0.1) is 18.1 Å². The number of aromatic nitrogens is 3. The molecule has 0 unspecified atom stereocenters. The van der Waals surface area contributed by atoms with Crippen molar-refractivity contribution >= 4 is 16.7 Å². The molecule has 2 heterocycles. The lowest BCUT2D eigenvalue weighted by atomic mass is 10.2. The predicted octanol–water partition coefficient (Wildman–Crippen LogP) is 3.07. The quantitative estimate of drug-likeness (QED) is 0.718. The van der Waals surface area contributed by atoms with Crippen molar-refractivity contribution in [3.8, 4) is 11.6 Å². The van der Waals surface area contributed by atoms with E-state index in [0.29, 0.717) is 11.5 Å². The Morgan fingerprint density at radius 1 is 1.20 bits per heavy atom. The summed E-state index contributed by atoms with van der Waals surface area (Å²) in [7, 11) is 1.65. The third-order valence-corrected chi connectivity index (χ3v) is 2.90. The van der Waals surface area contributed by atoms with Crippen molar-refractivity contribution in [3.05, 3.63) is 30.6 Å². The lowest BCUT2D eigenvalue weighted by Crippen LogP contribution is -2.24. The van der Waals surface area contributed by atoms with Crippen molar-refractivity contribution in [2.24, 2.45) is 0 Å². The summed E-state index contributed by atoms with van der Waals surface area (Å²) in [4.78, 5) is 8.92. The van der Waals surface area contributed by atoms with E-state index >= 15 is 0 Å². The van der Waals surface area contributed by atoms with E-state index in [9.17, 15) is 0 Å². The van der Waals surface area contributed by atoms with Crippen LogP contribution in [0.1, 0.15) is 20.8 Å². The molecule has 0 radical (unpaired) electrons. The Bertz CT molecular complexity index is 772. The summed E-state index contributed by atoms with van der Waals surface area (Å²) >= 11 is 0. The highest BCUT2D eigenvalue weighted by molar-refractivity contribution is 5.81. The number of hydrogen-bond acceptors (Lipinski definition) is 4. The minimum absolute atomic E-state index is 0.320. The molecule has 0 saturated heterocycles. The van der Waals surface area contributed by atoms with Gasteiger partial charge in [-0.15, -0.1) is 0 Å². The Morgan fingerprint density at radius 3 is 2.70 bits per heavy atom. The molecule has 0 spiro atoms. The van der Waals surface area contributed by atoms with E-state index in [0.717, 1.165) is 16.8 Å². The van der Waals surface area contributed by atoms with Crippen LogP contribution in [0, 0.1) is 0 Å². The van der Waals surface area contributed by atoms with E-state index < -0.39 is 0 Å². The van der Waals surface area contributed by atoms with Crippen molar-refractivity contribution in [2.75, 3.05) is 7.11 Å². The van der Waals surface area contributed by atoms with Crippen LogP contribution in [0.15, 0.2) is 30.6 Å². The Labute approximate surface area is 117 Å². The highest BCUT2D eigenvalue weighted by Crippen LogP contribution is 2.27. The second-order valence-corrected chi connectivity index (χ2v) is 5.61. The number of fused-ring (bicyclic) bond motifs is 3. The fraction of sp³-hybridized carbons (Fsp3) is 0.333. The molecule has 0 fully saturated rings. The topological polar surface area (TPSA) is 48.7 Å². The van der Waals surface area contributed by atoms with Gasteiger partial charge in [0.1, 0.15) is 11.4 Å².